The second-order valence-electron chi connectivity index (χ2n) is 6.83. The molecule has 6 nitrogen and oxygen atoms in total. The van der Waals surface area contributed by atoms with Gasteiger partial charge in [-0.25, -0.2) is 9.67 Å². The van der Waals surface area contributed by atoms with Gasteiger partial charge in [-0.2, -0.15) is 5.10 Å². The van der Waals surface area contributed by atoms with Crippen LogP contribution in [0.3, 0.4) is 0 Å². The highest BCUT2D eigenvalue weighted by molar-refractivity contribution is 6.11. The standard InChI is InChI=1S/C23H19N5O/c1-2-27-21-6-4-3-5-19(21)20-13-17(9-12-22(20)27)26-23(29)16-7-10-18(11-8-16)28-15-24-14-25-28/h3-15H,2H2,1H3,(H,26,29). The van der Waals surface area contributed by atoms with Gasteiger partial charge in [-0.15, -0.1) is 0 Å². The number of aryl methyl sites for hydroxylation is 1. The van der Waals surface area contributed by atoms with Crippen molar-refractivity contribution in [2.45, 2.75) is 13.5 Å². The van der Waals surface area contributed by atoms with Crippen molar-refractivity contribution in [3.63, 3.8) is 0 Å². The Balaban J connectivity index is 1.45. The molecular weight excluding hydrogens is 362 g/mol. The Bertz CT molecular complexity index is 1320. The summed E-state index contributed by atoms with van der Waals surface area (Å²) in [6.45, 7) is 3.04. The molecule has 0 fully saturated rings. The van der Waals surface area contributed by atoms with Gasteiger partial charge in [-0.1, -0.05) is 18.2 Å². The summed E-state index contributed by atoms with van der Waals surface area (Å²) in [5, 5.41) is 9.44. The third kappa shape index (κ3) is 2.95. The predicted octanol–water partition coefficient (Wildman–Crippen LogP) is 4.65. The van der Waals surface area contributed by atoms with Crippen LogP contribution in [0.25, 0.3) is 27.5 Å². The Hall–Kier alpha value is -3.93. The average molecular weight is 381 g/mol. The fourth-order valence-corrected chi connectivity index (χ4v) is 3.78. The molecule has 1 amide bonds. The zero-order chi connectivity index (χ0) is 19.8. The summed E-state index contributed by atoms with van der Waals surface area (Å²) in [6, 6.07) is 21.7. The number of carbonyl (C=O) groups excluding carboxylic acids is 1. The Labute approximate surface area is 167 Å². The van der Waals surface area contributed by atoms with E-state index in [1.165, 1.54) is 22.7 Å². The molecule has 0 aliphatic heterocycles. The first-order valence-electron chi connectivity index (χ1n) is 9.52. The fourth-order valence-electron chi connectivity index (χ4n) is 3.78. The number of hydrogen-bond acceptors (Lipinski definition) is 3. The molecule has 5 rings (SSSR count). The molecule has 2 heterocycles. The van der Waals surface area contributed by atoms with Crippen molar-refractivity contribution in [1.82, 2.24) is 19.3 Å². The van der Waals surface area contributed by atoms with E-state index >= 15 is 0 Å². The van der Waals surface area contributed by atoms with Gasteiger partial charge >= 0.3 is 0 Å². The molecule has 0 radical (unpaired) electrons. The number of nitrogens with one attached hydrogen (secondary N) is 1. The molecule has 0 unspecified atom stereocenters. The number of anilines is 1. The third-order valence-electron chi connectivity index (χ3n) is 5.16. The number of hydrogen-bond donors (Lipinski definition) is 1. The normalized spacial score (nSPS) is 11.2. The van der Waals surface area contributed by atoms with E-state index in [9.17, 15) is 4.79 Å². The smallest absolute Gasteiger partial charge is 0.255 e. The van der Waals surface area contributed by atoms with Gasteiger partial charge in [0.25, 0.3) is 5.91 Å². The molecule has 0 atom stereocenters. The summed E-state index contributed by atoms with van der Waals surface area (Å²) in [5.74, 6) is -0.145. The first-order valence-corrected chi connectivity index (χ1v) is 9.52. The molecule has 1 N–H and O–H groups in total. The van der Waals surface area contributed by atoms with Gasteiger partial charge in [0.2, 0.25) is 0 Å². The van der Waals surface area contributed by atoms with Crippen LogP contribution in [0.4, 0.5) is 5.69 Å². The van der Waals surface area contributed by atoms with Gasteiger partial charge in [0.1, 0.15) is 12.7 Å². The quantitative estimate of drug-likeness (QED) is 0.493. The van der Waals surface area contributed by atoms with Crippen LogP contribution in [0.15, 0.2) is 79.4 Å². The maximum atomic E-state index is 12.7. The minimum Gasteiger partial charge on any atom is -0.341 e. The van der Waals surface area contributed by atoms with Crippen LogP contribution in [0.5, 0.6) is 0 Å². The zero-order valence-corrected chi connectivity index (χ0v) is 15.9. The van der Waals surface area contributed by atoms with Crippen LogP contribution in [-0.4, -0.2) is 25.2 Å². The third-order valence-corrected chi connectivity index (χ3v) is 5.16. The van der Waals surface area contributed by atoms with Crippen molar-refractivity contribution in [3.8, 4) is 5.69 Å². The van der Waals surface area contributed by atoms with Crippen molar-refractivity contribution in [1.29, 1.82) is 0 Å². The fraction of sp³-hybridized carbons (Fsp3) is 0.0870. The van der Waals surface area contributed by atoms with Gasteiger partial charge in [0.05, 0.1) is 5.69 Å². The molecule has 5 aromatic rings. The number of nitrogens with zero attached hydrogens (tertiary/aromatic N) is 4. The number of amides is 1. The highest BCUT2D eigenvalue weighted by Gasteiger charge is 2.12. The number of rotatable bonds is 4. The van der Waals surface area contributed by atoms with Gasteiger partial charge in [-0.3, -0.25) is 4.79 Å². The molecule has 0 aliphatic rings. The van der Waals surface area contributed by atoms with Crippen molar-refractivity contribution in [3.05, 3.63) is 84.9 Å². The minimum absolute atomic E-state index is 0.145. The van der Waals surface area contributed by atoms with Crippen LogP contribution in [0.2, 0.25) is 0 Å². The van der Waals surface area contributed by atoms with Crippen LogP contribution in [-0.2, 0) is 6.54 Å². The average Bonchev–Trinajstić information content (AvgIpc) is 3.40. The molecule has 0 saturated heterocycles. The lowest BCUT2D eigenvalue weighted by Gasteiger charge is -2.08. The van der Waals surface area contributed by atoms with Crippen LogP contribution < -0.4 is 5.32 Å². The molecule has 29 heavy (non-hydrogen) atoms. The molecular formula is C23H19N5O. The lowest BCUT2D eigenvalue weighted by molar-refractivity contribution is 0.102. The maximum Gasteiger partial charge on any atom is 0.255 e. The van der Waals surface area contributed by atoms with E-state index in [2.05, 4.69) is 51.2 Å². The number of fused-ring (bicyclic) bond motifs is 3. The monoisotopic (exact) mass is 381 g/mol. The van der Waals surface area contributed by atoms with Crippen molar-refractivity contribution in [2.24, 2.45) is 0 Å². The summed E-state index contributed by atoms with van der Waals surface area (Å²) in [7, 11) is 0. The van der Waals surface area contributed by atoms with Crippen molar-refractivity contribution >= 4 is 33.4 Å². The second kappa shape index (κ2) is 6.91. The lowest BCUT2D eigenvalue weighted by atomic mass is 10.1. The van der Waals surface area contributed by atoms with E-state index in [0.29, 0.717) is 5.56 Å². The highest BCUT2D eigenvalue weighted by Crippen LogP contribution is 2.31. The van der Waals surface area contributed by atoms with E-state index in [4.69, 9.17) is 0 Å². The first kappa shape index (κ1) is 17.2. The van der Waals surface area contributed by atoms with Gasteiger partial charge in [-0.05, 0) is 55.5 Å². The SMILES string of the molecule is CCn1c2ccccc2c2cc(NC(=O)c3ccc(-n4cncn4)cc3)ccc21. The van der Waals surface area contributed by atoms with Crippen LogP contribution in [0.1, 0.15) is 17.3 Å². The highest BCUT2D eigenvalue weighted by atomic mass is 16.1. The molecule has 0 spiro atoms. The van der Waals surface area contributed by atoms with Crippen molar-refractivity contribution in [2.75, 3.05) is 5.32 Å². The van der Waals surface area contributed by atoms with Crippen LogP contribution >= 0.6 is 0 Å². The van der Waals surface area contributed by atoms with Crippen LogP contribution in [0, 0.1) is 0 Å². The predicted molar refractivity (Wildman–Crippen MR) is 114 cm³/mol. The molecule has 6 heteroatoms. The summed E-state index contributed by atoms with van der Waals surface area (Å²) in [5.41, 5.74) is 4.60. The number of aromatic nitrogens is 4. The Morgan fingerprint density at radius 3 is 2.52 bits per heavy atom. The zero-order valence-electron chi connectivity index (χ0n) is 15.9. The van der Waals surface area contributed by atoms with E-state index in [-0.39, 0.29) is 5.91 Å². The van der Waals surface area contributed by atoms with Crippen molar-refractivity contribution < 1.29 is 4.79 Å². The molecule has 3 aromatic carbocycles. The topological polar surface area (TPSA) is 64.7 Å². The maximum absolute atomic E-state index is 12.7. The molecule has 142 valence electrons. The van der Waals surface area contributed by atoms with Gasteiger partial charge in [0.15, 0.2) is 0 Å². The molecule has 0 saturated carbocycles. The van der Waals surface area contributed by atoms with E-state index < -0.39 is 0 Å². The molecule has 2 aromatic heterocycles. The molecule has 0 aliphatic carbocycles. The summed E-state index contributed by atoms with van der Waals surface area (Å²) in [6.07, 6.45) is 3.10. The Kier molecular flexibility index (Phi) is 4.09. The summed E-state index contributed by atoms with van der Waals surface area (Å²) >= 11 is 0. The van der Waals surface area contributed by atoms with Gasteiger partial charge < -0.3 is 9.88 Å². The Morgan fingerprint density at radius 2 is 1.76 bits per heavy atom. The lowest BCUT2D eigenvalue weighted by Crippen LogP contribution is -2.12. The number of carbonyl (C=O) groups is 1. The molecule has 0 bridgehead atoms. The Morgan fingerprint density at radius 1 is 0.966 bits per heavy atom. The van der Waals surface area contributed by atoms with E-state index in [1.807, 2.05) is 30.3 Å². The van der Waals surface area contributed by atoms with E-state index in [0.717, 1.165) is 23.3 Å². The van der Waals surface area contributed by atoms with E-state index in [1.54, 1.807) is 23.1 Å². The second-order valence-corrected chi connectivity index (χ2v) is 6.83. The van der Waals surface area contributed by atoms with Gasteiger partial charge in [0, 0.05) is 39.6 Å². The largest absolute Gasteiger partial charge is 0.341 e. The number of para-hydroxylation sites is 1. The summed E-state index contributed by atoms with van der Waals surface area (Å²) < 4.78 is 3.94. The number of benzene rings is 3. The minimum atomic E-state index is -0.145. The summed E-state index contributed by atoms with van der Waals surface area (Å²) in [4.78, 5) is 16.7. The first-order chi connectivity index (χ1) is 14.2.